The molecule has 4 rings (SSSR count). The van der Waals surface area contributed by atoms with Gasteiger partial charge >= 0.3 is 0 Å². The number of hydrogen-bond acceptors (Lipinski definition) is 2. The second-order valence-corrected chi connectivity index (χ2v) is 8.81. The van der Waals surface area contributed by atoms with Crippen LogP contribution in [0.3, 0.4) is 0 Å². The summed E-state index contributed by atoms with van der Waals surface area (Å²) < 4.78 is 0. The van der Waals surface area contributed by atoms with E-state index in [2.05, 4.69) is 53.3 Å². The van der Waals surface area contributed by atoms with Crippen molar-refractivity contribution in [2.75, 3.05) is 20.1 Å². The van der Waals surface area contributed by atoms with Crippen molar-refractivity contribution in [3.63, 3.8) is 0 Å². The Morgan fingerprint density at radius 2 is 1.96 bits per heavy atom. The first-order valence-corrected chi connectivity index (χ1v) is 10.6. The number of carbonyl (C=O) groups excluding carboxylic acids is 1. The Balaban J connectivity index is 1.57. The topological polar surface area (TPSA) is 48.1 Å². The van der Waals surface area contributed by atoms with Crippen molar-refractivity contribution in [2.24, 2.45) is 17.8 Å². The standard InChI is InChI=1S/C23H33N3O/c1-15(2)22-21-19(18-6-4-5-7-20(18)25-21)12-13-26(22)23(27)17-10-8-16(9-11-17)14-24-3/h4-7,15-17,22,24-25H,8-14H2,1-3H3/t16-,17-,22?. The van der Waals surface area contributed by atoms with Crippen molar-refractivity contribution in [1.82, 2.24) is 15.2 Å². The number of rotatable bonds is 4. The predicted octanol–water partition coefficient (Wildman–Crippen LogP) is 4.28. The third-order valence-electron chi connectivity index (χ3n) is 6.68. The maximum atomic E-state index is 13.5. The van der Waals surface area contributed by atoms with Gasteiger partial charge in [0.2, 0.25) is 5.91 Å². The van der Waals surface area contributed by atoms with Crippen LogP contribution in [0.25, 0.3) is 10.9 Å². The average Bonchev–Trinajstić information content (AvgIpc) is 3.06. The molecule has 2 N–H and O–H groups in total. The van der Waals surface area contributed by atoms with E-state index >= 15 is 0 Å². The predicted molar refractivity (Wildman–Crippen MR) is 111 cm³/mol. The van der Waals surface area contributed by atoms with Crippen LogP contribution in [0.2, 0.25) is 0 Å². The highest BCUT2D eigenvalue weighted by molar-refractivity contribution is 5.86. The number of hydrogen-bond donors (Lipinski definition) is 2. The van der Waals surface area contributed by atoms with Crippen LogP contribution in [0.5, 0.6) is 0 Å². The molecule has 146 valence electrons. The fourth-order valence-electron chi connectivity index (χ4n) is 5.35. The lowest BCUT2D eigenvalue weighted by molar-refractivity contribution is -0.141. The fraction of sp³-hybridized carbons (Fsp3) is 0.609. The smallest absolute Gasteiger partial charge is 0.226 e. The minimum atomic E-state index is 0.170. The molecule has 1 aliphatic carbocycles. The molecule has 2 aromatic rings. The van der Waals surface area contributed by atoms with E-state index in [4.69, 9.17) is 0 Å². The van der Waals surface area contributed by atoms with Crippen molar-refractivity contribution < 1.29 is 4.79 Å². The van der Waals surface area contributed by atoms with E-state index in [1.165, 1.54) is 35.0 Å². The largest absolute Gasteiger partial charge is 0.356 e. The highest BCUT2D eigenvalue weighted by Crippen LogP contribution is 2.40. The molecule has 0 saturated heterocycles. The first-order valence-electron chi connectivity index (χ1n) is 10.6. The van der Waals surface area contributed by atoms with E-state index in [1.54, 1.807) is 0 Å². The van der Waals surface area contributed by atoms with E-state index in [1.807, 2.05) is 7.05 Å². The Labute approximate surface area is 162 Å². The van der Waals surface area contributed by atoms with Gasteiger partial charge in [-0.2, -0.15) is 0 Å². The van der Waals surface area contributed by atoms with Crippen molar-refractivity contribution in [3.05, 3.63) is 35.5 Å². The minimum absolute atomic E-state index is 0.170. The maximum Gasteiger partial charge on any atom is 0.226 e. The number of carbonyl (C=O) groups is 1. The van der Waals surface area contributed by atoms with E-state index in [9.17, 15) is 4.79 Å². The van der Waals surface area contributed by atoms with Crippen LogP contribution >= 0.6 is 0 Å². The zero-order chi connectivity index (χ0) is 19.0. The minimum Gasteiger partial charge on any atom is -0.356 e. The van der Waals surface area contributed by atoms with Gasteiger partial charge in [0.25, 0.3) is 0 Å². The molecule has 0 spiro atoms. The number of amides is 1. The van der Waals surface area contributed by atoms with Crippen LogP contribution < -0.4 is 5.32 Å². The highest BCUT2D eigenvalue weighted by Gasteiger charge is 2.38. The zero-order valence-corrected chi connectivity index (χ0v) is 16.9. The van der Waals surface area contributed by atoms with Crippen LogP contribution in [0.15, 0.2) is 24.3 Å². The normalized spacial score (nSPS) is 25.8. The van der Waals surface area contributed by atoms with E-state index in [0.717, 1.165) is 38.3 Å². The molecular weight excluding hydrogens is 334 g/mol. The number of aromatic nitrogens is 1. The molecule has 0 bridgehead atoms. The summed E-state index contributed by atoms with van der Waals surface area (Å²) in [6, 6.07) is 8.73. The van der Waals surface area contributed by atoms with Crippen molar-refractivity contribution in [2.45, 2.75) is 52.0 Å². The van der Waals surface area contributed by atoms with Crippen molar-refractivity contribution >= 4 is 16.8 Å². The van der Waals surface area contributed by atoms with Gasteiger partial charge in [-0.3, -0.25) is 4.79 Å². The van der Waals surface area contributed by atoms with Gasteiger partial charge in [0, 0.05) is 29.1 Å². The molecule has 1 aromatic heterocycles. The molecule has 1 aromatic carbocycles. The quantitative estimate of drug-likeness (QED) is 0.847. The van der Waals surface area contributed by atoms with Crippen LogP contribution in [0.4, 0.5) is 0 Å². The molecule has 1 aliphatic heterocycles. The molecule has 2 heterocycles. The molecule has 1 amide bonds. The highest BCUT2D eigenvalue weighted by atomic mass is 16.2. The Morgan fingerprint density at radius 1 is 1.22 bits per heavy atom. The van der Waals surface area contributed by atoms with E-state index < -0.39 is 0 Å². The molecule has 1 saturated carbocycles. The van der Waals surface area contributed by atoms with Gasteiger partial charge in [-0.15, -0.1) is 0 Å². The van der Waals surface area contributed by atoms with Crippen LogP contribution in [-0.2, 0) is 11.2 Å². The van der Waals surface area contributed by atoms with Gasteiger partial charge < -0.3 is 15.2 Å². The molecule has 1 unspecified atom stereocenters. The SMILES string of the molecule is CNC[C@H]1CC[C@H](C(=O)N2CCc3c([nH]c4ccccc34)C2C(C)C)CC1. The average molecular weight is 368 g/mol. The van der Waals surface area contributed by atoms with Crippen molar-refractivity contribution in [1.29, 1.82) is 0 Å². The zero-order valence-electron chi connectivity index (χ0n) is 16.9. The lowest BCUT2D eigenvalue weighted by Crippen LogP contribution is -2.45. The summed E-state index contributed by atoms with van der Waals surface area (Å²) in [6.45, 7) is 6.43. The van der Waals surface area contributed by atoms with Crippen LogP contribution in [-0.4, -0.2) is 35.9 Å². The third kappa shape index (κ3) is 3.40. The van der Waals surface area contributed by atoms with Crippen molar-refractivity contribution in [3.8, 4) is 0 Å². The molecule has 27 heavy (non-hydrogen) atoms. The molecule has 4 heteroatoms. The summed E-state index contributed by atoms with van der Waals surface area (Å²) in [7, 11) is 2.02. The lowest BCUT2D eigenvalue weighted by Gasteiger charge is -2.41. The monoisotopic (exact) mass is 367 g/mol. The lowest BCUT2D eigenvalue weighted by atomic mass is 9.80. The Morgan fingerprint density at radius 3 is 2.67 bits per heavy atom. The number of nitrogens with zero attached hydrogens (tertiary/aromatic N) is 1. The van der Waals surface area contributed by atoms with E-state index in [0.29, 0.717) is 11.8 Å². The first-order chi connectivity index (χ1) is 13.1. The number of H-pyrrole nitrogens is 1. The molecular formula is C23H33N3O. The van der Waals surface area contributed by atoms with Gasteiger partial charge in [-0.05, 0) is 69.2 Å². The molecule has 1 atom stereocenters. The number of aromatic amines is 1. The summed E-state index contributed by atoms with van der Waals surface area (Å²) in [6.07, 6.45) is 5.41. The maximum absolute atomic E-state index is 13.5. The summed E-state index contributed by atoms with van der Waals surface area (Å²) in [5.41, 5.74) is 3.90. The first kappa shape index (κ1) is 18.5. The van der Waals surface area contributed by atoms with Crippen LogP contribution in [0, 0.1) is 17.8 Å². The summed E-state index contributed by atoms with van der Waals surface area (Å²) >= 11 is 0. The van der Waals surface area contributed by atoms with Gasteiger partial charge in [-0.25, -0.2) is 0 Å². The molecule has 2 aliphatic rings. The summed E-state index contributed by atoms with van der Waals surface area (Å²) in [5, 5.41) is 4.62. The molecule has 1 fully saturated rings. The number of nitrogens with one attached hydrogen (secondary N) is 2. The third-order valence-corrected chi connectivity index (χ3v) is 6.68. The number of fused-ring (bicyclic) bond motifs is 3. The number of para-hydroxylation sites is 1. The number of benzene rings is 1. The van der Waals surface area contributed by atoms with Gasteiger partial charge in [0.15, 0.2) is 0 Å². The summed E-state index contributed by atoms with van der Waals surface area (Å²) in [4.78, 5) is 19.3. The summed E-state index contributed by atoms with van der Waals surface area (Å²) in [5.74, 6) is 1.74. The second kappa shape index (κ2) is 7.67. The molecule has 0 radical (unpaired) electrons. The van der Waals surface area contributed by atoms with Gasteiger partial charge in [0.05, 0.1) is 6.04 Å². The Hall–Kier alpha value is -1.81. The Bertz CT molecular complexity index is 801. The van der Waals surface area contributed by atoms with Gasteiger partial charge in [-0.1, -0.05) is 32.0 Å². The van der Waals surface area contributed by atoms with E-state index in [-0.39, 0.29) is 12.0 Å². The van der Waals surface area contributed by atoms with Gasteiger partial charge in [0.1, 0.15) is 0 Å². The fourth-order valence-corrected chi connectivity index (χ4v) is 5.35. The molecule has 4 nitrogen and oxygen atoms in total. The Kier molecular flexibility index (Phi) is 5.27. The van der Waals surface area contributed by atoms with Crippen LogP contribution in [0.1, 0.15) is 56.8 Å². The second-order valence-electron chi connectivity index (χ2n) is 8.81.